The molecule has 0 aliphatic heterocycles. The van der Waals surface area contributed by atoms with Gasteiger partial charge in [0.2, 0.25) is 0 Å². The van der Waals surface area contributed by atoms with Gasteiger partial charge in [0.05, 0.1) is 24.3 Å². The van der Waals surface area contributed by atoms with Crippen LogP contribution in [0.4, 0.5) is 11.4 Å². The average Bonchev–Trinajstić information content (AvgIpc) is 3.36. The predicted octanol–water partition coefficient (Wildman–Crippen LogP) is 5.09. The Hall–Kier alpha value is -4.84. The van der Waals surface area contributed by atoms with Gasteiger partial charge in [-0.15, -0.1) is 0 Å². The van der Waals surface area contributed by atoms with Crippen molar-refractivity contribution in [2.24, 2.45) is 0 Å². The maximum absolute atomic E-state index is 13.6. The van der Waals surface area contributed by atoms with Gasteiger partial charge in [-0.2, -0.15) is 0 Å². The van der Waals surface area contributed by atoms with Gasteiger partial charge >= 0.3 is 11.9 Å². The molecule has 12 heteroatoms. The first-order valence-corrected chi connectivity index (χ1v) is 14.2. The quantitative estimate of drug-likeness (QED) is 0.181. The van der Waals surface area contributed by atoms with Gasteiger partial charge in [0.1, 0.15) is 10.6 Å². The molecule has 2 N–H and O–H groups in total. The van der Waals surface area contributed by atoms with E-state index in [0.717, 1.165) is 28.6 Å². The Labute approximate surface area is 245 Å². The maximum atomic E-state index is 13.6. The minimum Gasteiger partial charge on any atom is -0.462 e. The van der Waals surface area contributed by atoms with Crippen molar-refractivity contribution in [2.75, 3.05) is 23.8 Å². The number of hydrogen-bond acceptors (Lipinski definition) is 9. The van der Waals surface area contributed by atoms with E-state index in [1.165, 1.54) is 36.4 Å². The number of carbonyl (C=O) groups is 4. The zero-order valence-corrected chi connectivity index (χ0v) is 24.2. The van der Waals surface area contributed by atoms with E-state index < -0.39 is 29.3 Å². The predicted molar refractivity (Wildman–Crippen MR) is 159 cm³/mol. The molecule has 0 saturated carbocycles. The van der Waals surface area contributed by atoms with Gasteiger partial charge in [0.25, 0.3) is 17.4 Å². The number of aryl methyl sites for hydroxylation is 1. The van der Waals surface area contributed by atoms with Crippen molar-refractivity contribution >= 4 is 51.4 Å². The molecule has 218 valence electrons. The smallest absolute Gasteiger partial charge is 0.338 e. The molecule has 0 unspecified atom stereocenters. The second-order valence-corrected chi connectivity index (χ2v) is 10.3. The van der Waals surface area contributed by atoms with E-state index in [1.54, 1.807) is 25.1 Å². The number of nitrogens with one attached hydrogen (secondary N) is 2. The summed E-state index contributed by atoms with van der Waals surface area (Å²) in [5, 5.41) is 5.38. The molecule has 0 atom stereocenters. The molecule has 2 aromatic heterocycles. The number of amides is 2. The van der Waals surface area contributed by atoms with Crippen LogP contribution in [0.15, 0.2) is 59.4 Å². The first-order valence-electron chi connectivity index (χ1n) is 13.4. The van der Waals surface area contributed by atoms with Crippen LogP contribution in [-0.4, -0.2) is 46.4 Å². The molecule has 2 heterocycles. The Kier molecular flexibility index (Phi) is 9.81. The summed E-state index contributed by atoms with van der Waals surface area (Å²) in [6.07, 6.45) is 2.30. The van der Waals surface area contributed by atoms with Crippen LogP contribution < -0.4 is 16.2 Å². The summed E-state index contributed by atoms with van der Waals surface area (Å²) in [5.41, 5.74) is 0.900. The third-order valence-corrected chi connectivity index (χ3v) is 7.01. The lowest BCUT2D eigenvalue weighted by Gasteiger charge is -2.10. The molecule has 4 aromatic rings. The monoisotopic (exact) mass is 590 g/mol. The Morgan fingerprint density at radius 1 is 0.833 bits per heavy atom. The molecule has 0 aliphatic carbocycles. The molecule has 0 radical (unpaired) electrons. The topological polar surface area (TPSA) is 145 Å². The molecule has 0 spiro atoms. The summed E-state index contributed by atoms with van der Waals surface area (Å²) < 4.78 is 11.5. The van der Waals surface area contributed by atoms with Gasteiger partial charge in [-0.05, 0) is 62.2 Å². The zero-order chi connectivity index (χ0) is 30.2. The number of esters is 2. The van der Waals surface area contributed by atoms with Crippen molar-refractivity contribution in [3.8, 4) is 0 Å². The second kappa shape index (κ2) is 13.7. The summed E-state index contributed by atoms with van der Waals surface area (Å²) in [6, 6.07) is 13.6. The maximum Gasteiger partial charge on any atom is 0.338 e. The second-order valence-electron chi connectivity index (χ2n) is 9.33. The molecule has 0 aliphatic rings. The molecule has 11 nitrogen and oxygen atoms in total. The Bertz CT molecular complexity index is 1690. The summed E-state index contributed by atoms with van der Waals surface area (Å²) in [5.74, 6) is -2.40. The summed E-state index contributed by atoms with van der Waals surface area (Å²) in [6.45, 7) is 6.10. The molecular formula is C30H30N4O7S. The third-order valence-electron chi connectivity index (χ3n) is 5.97. The number of ether oxygens (including phenoxy) is 2. The van der Waals surface area contributed by atoms with Crippen molar-refractivity contribution < 1.29 is 28.7 Å². The number of aromatic nitrogens is 2. The first-order chi connectivity index (χ1) is 20.2. The molecule has 42 heavy (non-hydrogen) atoms. The van der Waals surface area contributed by atoms with E-state index in [-0.39, 0.29) is 33.4 Å². The van der Waals surface area contributed by atoms with Crippen molar-refractivity contribution in [2.45, 2.75) is 40.0 Å². The fourth-order valence-electron chi connectivity index (χ4n) is 3.91. The lowest BCUT2D eigenvalue weighted by molar-refractivity contribution is 0.0493. The lowest BCUT2D eigenvalue weighted by Crippen LogP contribution is -2.25. The molecule has 4 rings (SSSR count). The molecule has 0 saturated heterocycles. The van der Waals surface area contributed by atoms with E-state index in [1.807, 2.05) is 13.8 Å². The number of rotatable bonds is 11. The van der Waals surface area contributed by atoms with Crippen LogP contribution in [0.3, 0.4) is 0 Å². The number of unbranched alkanes of at least 4 members (excludes halogenated alkanes) is 1. The Morgan fingerprint density at radius 3 is 2.24 bits per heavy atom. The number of hydrogen-bond donors (Lipinski definition) is 2. The van der Waals surface area contributed by atoms with E-state index in [9.17, 15) is 24.0 Å². The minimum atomic E-state index is -0.746. The lowest BCUT2D eigenvalue weighted by atomic mass is 10.2. The van der Waals surface area contributed by atoms with Crippen LogP contribution in [0, 0.1) is 6.92 Å². The number of thiazole rings is 1. The Morgan fingerprint density at radius 2 is 1.52 bits per heavy atom. The highest BCUT2D eigenvalue weighted by Crippen LogP contribution is 2.24. The van der Waals surface area contributed by atoms with Gasteiger partial charge in [0.15, 0.2) is 4.96 Å². The van der Waals surface area contributed by atoms with Gasteiger partial charge < -0.3 is 20.1 Å². The number of anilines is 2. The normalized spacial score (nSPS) is 10.7. The Balaban J connectivity index is 1.62. The molecule has 0 fully saturated rings. The van der Waals surface area contributed by atoms with Crippen molar-refractivity contribution in [3.63, 3.8) is 0 Å². The van der Waals surface area contributed by atoms with E-state index in [0.29, 0.717) is 30.0 Å². The van der Waals surface area contributed by atoms with Crippen molar-refractivity contribution in [3.05, 3.63) is 92.3 Å². The van der Waals surface area contributed by atoms with Crippen LogP contribution in [-0.2, 0) is 9.47 Å². The zero-order valence-electron chi connectivity index (χ0n) is 23.4. The average molecular weight is 591 g/mol. The van der Waals surface area contributed by atoms with Crippen LogP contribution in [0.25, 0.3) is 4.96 Å². The molecule has 0 bridgehead atoms. The largest absolute Gasteiger partial charge is 0.462 e. The van der Waals surface area contributed by atoms with Gasteiger partial charge in [-0.3, -0.25) is 14.4 Å². The summed E-state index contributed by atoms with van der Waals surface area (Å²) >= 11 is 0.886. The number of fused-ring (bicyclic) bond motifs is 1. The number of carbonyl (C=O) groups excluding carboxylic acids is 4. The fraction of sp³-hybridized carbons (Fsp3) is 0.267. The highest BCUT2D eigenvalue weighted by molar-refractivity contribution is 7.19. The first kappa shape index (κ1) is 30.1. The van der Waals surface area contributed by atoms with E-state index in [2.05, 4.69) is 15.6 Å². The van der Waals surface area contributed by atoms with Crippen molar-refractivity contribution in [1.82, 2.24) is 9.38 Å². The van der Waals surface area contributed by atoms with Gasteiger partial charge in [-0.25, -0.2) is 19.0 Å². The third kappa shape index (κ3) is 7.07. The van der Waals surface area contributed by atoms with E-state index >= 15 is 0 Å². The van der Waals surface area contributed by atoms with Crippen LogP contribution in [0.1, 0.15) is 79.7 Å². The molecular weight excluding hydrogens is 560 g/mol. The number of nitrogens with zero attached hydrogens (tertiary/aromatic N) is 2. The van der Waals surface area contributed by atoms with E-state index in [4.69, 9.17) is 9.47 Å². The number of benzene rings is 2. The van der Waals surface area contributed by atoms with Crippen LogP contribution in [0.2, 0.25) is 0 Å². The minimum absolute atomic E-state index is 0.0516. The van der Waals surface area contributed by atoms with Crippen LogP contribution in [0.5, 0.6) is 0 Å². The van der Waals surface area contributed by atoms with Crippen LogP contribution >= 0.6 is 11.3 Å². The highest BCUT2D eigenvalue weighted by Gasteiger charge is 2.26. The van der Waals surface area contributed by atoms with Gasteiger partial charge in [-0.1, -0.05) is 37.7 Å². The van der Waals surface area contributed by atoms with Crippen molar-refractivity contribution in [1.29, 1.82) is 0 Å². The summed E-state index contributed by atoms with van der Waals surface area (Å²) in [4.78, 5) is 68.8. The summed E-state index contributed by atoms with van der Waals surface area (Å²) in [7, 11) is 0. The highest BCUT2D eigenvalue weighted by atomic mass is 32.1. The standard InChI is InChI=1S/C30H30N4O7S/c1-4-6-15-41-29(39)20-8-7-9-22(17-20)33-26(36)24-25(42-30-31-18(3)16-23(35)34(24)30)27(37)32-21-12-10-19(11-13-21)28(38)40-14-5-2/h7-13,16-17H,4-6,14-15H2,1-3H3,(H,32,37)(H,33,36). The fourth-order valence-corrected chi connectivity index (χ4v) is 4.98. The van der Waals surface area contributed by atoms with Gasteiger partial charge in [0, 0.05) is 23.1 Å². The molecule has 2 amide bonds. The SMILES string of the molecule is CCCCOC(=O)c1cccc(NC(=O)c2c(C(=O)Nc3ccc(C(=O)OCCC)cc3)sc3nc(C)cc(=O)n23)c1. The molecule has 2 aromatic carbocycles.